The maximum absolute atomic E-state index is 9.70. The fourth-order valence-corrected chi connectivity index (χ4v) is 3.33. The van der Waals surface area contributed by atoms with Crippen molar-refractivity contribution in [2.45, 2.75) is 45.2 Å². The van der Waals surface area contributed by atoms with E-state index in [4.69, 9.17) is 0 Å². The van der Waals surface area contributed by atoms with Crippen molar-refractivity contribution in [3.8, 4) is 0 Å². The molecule has 0 radical (unpaired) electrons. The van der Waals surface area contributed by atoms with Crippen molar-refractivity contribution in [1.82, 2.24) is 5.32 Å². The normalized spacial score (nSPS) is 19.9. The Kier molecular flexibility index (Phi) is 6.33. The van der Waals surface area contributed by atoms with E-state index in [1.807, 2.05) is 0 Å². The van der Waals surface area contributed by atoms with Crippen LogP contribution < -0.4 is 10.2 Å². The number of aliphatic hydroxyl groups is 1. The molecule has 0 aromatic heterocycles. The van der Waals surface area contributed by atoms with Crippen molar-refractivity contribution in [1.29, 1.82) is 0 Å². The summed E-state index contributed by atoms with van der Waals surface area (Å²) >= 11 is 3.56. The molecule has 0 bridgehead atoms. The molecule has 20 heavy (non-hydrogen) atoms. The quantitative estimate of drug-likeness (QED) is 0.863. The summed E-state index contributed by atoms with van der Waals surface area (Å²) in [6.07, 6.45) is 4.80. The van der Waals surface area contributed by atoms with E-state index < -0.39 is 0 Å². The average molecular weight is 341 g/mol. The monoisotopic (exact) mass is 340 g/mol. The third-order valence-corrected chi connectivity index (χ3v) is 4.50. The van der Waals surface area contributed by atoms with Gasteiger partial charge in [-0.3, -0.25) is 0 Å². The van der Waals surface area contributed by atoms with Gasteiger partial charge in [0.2, 0.25) is 0 Å². The molecule has 1 atom stereocenters. The minimum Gasteiger partial charge on any atom is -0.394 e. The molecular weight excluding hydrogens is 316 g/mol. The number of nitrogens with one attached hydrogen (secondary N) is 1. The lowest BCUT2D eigenvalue weighted by atomic mass is 10.1. The predicted molar refractivity (Wildman–Crippen MR) is 88.2 cm³/mol. The van der Waals surface area contributed by atoms with Crippen LogP contribution in [0.5, 0.6) is 0 Å². The molecule has 2 rings (SSSR count). The number of halogens is 1. The zero-order valence-electron chi connectivity index (χ0n) is 12.2. The van der Waals surface area contributed by atoms with Crippen LogP contribution in [-0.2, 0) is 6.54 Å². The molecule has 0 amide bonds. The first-order valence-electron chi connectivity index (χ1n) is 7.63. The maximum Gasteiger partial charge on any atom is 0.0635 e. The second-order valence-corrected chi connectivity index (χ2v) is 6.35. The summed E-state index contributed by atoms with van der Waals surface area (Å²) in [6.45, 7) is 5.26. The molecule has 1 aliphatic rings. The van der Waals surface area contributed by atoms with E-state index in [0.29, 0.717) is 0 Å². The second-order valence-electron chi connectivity index (χ2n) is 5.43. The first-order chi connectivity index (χ1) is 9.76. The van der Waals surface area contributed by atoms with Gasteiger partial charge in [0, 0.05) is 23.2 Å². The van der Waals surface area contributed by atoms with Gasteiger partial charge in [-0.15, -0.1) is 0 Å². The number of rotatable bonds is 5. The van der Waals surface area contributed by atoms with Gasteiger partial charge < -0.3 is 15.3 Å². The molecule has 1 heterocycles. The van der Waals surface area contributed by atoms with Crippen LogP contribution in [0, 0.1) is 0 Å². The van der Waals surface area contributed by atoms with E-state index in [1.165, 1.54) is 30.5 Å². The lowest BCUT2D eigenvalue weighted by molar-refractivity contribution is 0.255. The van der Waals surface area contributed by atoms with E-state index >= 15 is 0 Å². The van der Waals surface area contributed by atoms with Crippen molar-refractivity contribution < 1.29 is 5.11 Å². The van der Waals surface area contributed by atoms with Crippen LogP contribution in [0.25, 0.3) is 0 Å². The summed E-state index contributed by atoms with van der Waals surface area (Å²) in [5.41, 5.74) is 2.58. The van der Waals surface area contributed by atoms with Crippen molar-refractivity contribution in [2.24, 2.45) is 0 Å². The van der Waals surface area contributed by atoms with Crippen LogP contribution in [0.4, 0.5) is 5.69 Å². The van der Waals surface area contributed by atoms with Gasteiger partial charge in [-0.25, -0.2) is 0 Å². The molecule has 3 nitrogen and oxygen atoms in total. The number of hydrogen-bond donors (Lipinski definition) is 2. The van der Waals surface area contributed by atoms with Gasteiger partial charge in [0.05, 0.1) is 12.6 Å². The lowest BCUT2D eigenvalue weighted by Crippen LogP contribution is -2.38. The van der Waals surface area contributed by atoms with Crippen LogP contribution in [0.3, 0.4) is 0 Å². The highest BCUT2D eigenvalue weighted by Gasteiger charge is 2.22. The van der Waals surface area contributed by atoms with E-state index in [9.17, 15) is 5.11 Å². The number of anilines is 1. The summed E-state index contributed by atoms with van der Waals surface area (Å²) in [5, 5.41) is 13.1. The Labute approximate surface area is 130 Å². The van der Waals surface area contributed by atoms with E-state index in [2.05, 4.69) is 51.3 Å². The fraction of sp³-hybridized carbons (Fsp3) is 0.625. The molecule has 2 N–H and O–H groups in total. The van der Waals surface area contributed by atoms with Crippen LogP contribution in [-0.4, -0.2) is 30.8 Å². The van der Waals surface area contributed by atoms with Crippen molar-refractivity contribution in [3.05, 3.63) is 28.2 Å². The largest absolute Gasteiger partial charge is 0.394 e. The molecule has 112 valence electrons. The van der Waals surface area contributed by atoms with Gasteiger partial charge in [-0.05, 0) is 43.1 Å². The molecule has 4 heteroatoms. The molecule has 0 spiro atoms. The second kappa shape index (κ2) is 8.01. The van der Waals surface area contributed by atoms with Crippen LogP contribution >= 0.6 is 15.9 Å². The van der Waals surface area contributed by atoms with Crippen molar-refractivity contribution in [3.63, 3.8) is 0 Å². The maximum atomic E-state index is 9.70. The molecule has 1 aromatic rings. The van der Waals surface area contributed by atoms with E-state index in [-0.39, 0.29) is 12.6 Å². The van der Waals surface area contributed by atoms with Gasteiger partial charge in [0.25, 0.3) is 0 Å². The zero-order chi connectivity index (χ0) is 14.4. The molecule has 1 unspecified atom stereocenters. The van der Waals surface area contributed by atoms with E-state index in [1.54, 1.807) is 0 Å². The smallest absolute Gasteiger partial charge is 0.0635 e. The molecule has 0 saturated carbocycles. The minimum atomic E-state index is 0.247. The summed E-state index contributed by atoms with van der Waals surface area (Å²) in [4.78, 5) is 2.41. The van der Waals surface area contributed by atoms with Crippen LogP contribution in [0.2, 0.25) is 0 Å². The third-order valence-electron chi connectivity index (χ3n) is 4.00. The Bertz CT molecular complexity index is 425. The molecule has 1 saturated heterocycles. The Hall–Kier alpha value is -0.580. The summed E-state index contributed by atoms with van der Waals surface area (Å²) in [7, 11) is 0. The first-order valence-corrected chi connectivity index (χ1v) is 8.42. The fourth-order valence-electron chi connectivity index (χ4n) is 2.92. The standard InChI is InChI=1S/C16H25BrN2O/c1-2-18-11-13-10-14(17)7-8-16(13)19-9-5-3-4-6-15(19)12-20/h7-8,10,15,18,20H,2-6,9,11-12H2,1H3. The zero-order valence-corrected chi connectivity index (χ0v) is 13.8. The van der Waals surface area contributed by atoms with Gasteiger partial charge in [-0.2, -0.15) is 0 Å². The summed E-state index contributed by atoms with van der Waals surface area (Å²) < 4.78 is 1.12. The topological polar surface area (TPSA) is 35.5 Å². The Morgan fingerprint density at radius 3 is 2.95 bits per heavy atom. The number of benzene rings is 1. The van der Waals surface area contributed by atoms with Crippen LogP contribution in [0.1, 0.15) is 38.2 Å². The molecule has 1 fully saturated rings. The van der Waals surface area contributed by atoms with Crippen molar-refractivity contribution >= 4 is 21.6 Å². The number of aliphatic hydroxyl groups excluding tert-OH is 1. The predicted octanol–water partition coefficient (Wildman–Crippen LogP) is 3.30. The highest BCUT2D eigenvalue weighted by Crippen LogP contribution is 2.29. The van der Waals surface area contributed by atoms with Gasteiger partial charge in [-0.1, -0.05) is 35.7 Å². The summed E-state index contributed by atoms with van der Waals surface area (Å²) in [5.74, 6) is 0. The highest BCUT2D eigenvalue weighted by atomic mass is 79.9. The SMILES string of the molecule is CCNCc1cc(Br)ccc1N1CCCCCC1CO. The highest BCUT2D eigenvalue weighted by molar-refractivity contribution is 9.10. The first kappa shape index (κ1) is 15.8. The Balaban J connectivity index is 2.28. The van der Waals surface area contributed by atoms with Gasteiger partial charge >= 0.3 is 0 Å². The Morgan fingerprint density at radius 1 is 1.35 bits per heavy atom. The lowest BCUT2D eigenvalue weighted by Gasteiger charge is -2.32. The van der Waals surface area contributed by atoms with Crippen molar-refractivity contribution in [2.75, 3.05) is 24.6 Å². The molecule has 1 aliphatic heterocycles. The minimum absolute atomic E-state index is 0.247. The Morgan fingerprint density at radius 2 is 2.20 bits per heavy atom. The molecular formula is C16H25BrN2O. The number of hydrogen-bond acceptors (Lipinski definition) is 3. The number of nitrogens with zero attached hydrogens (tertiary/aromatic N) is 1. The van der Waals surface area contributed by atoms with Gasteiger partial charge in [0.15, 0.2) is 0 Å². The third kappa shape index (κ3) is 3.96. The summed E-state index contributed by atoms with van der Waals surface area (Å²) in [6, 6.07) is 6.74. The van der Waals surface area contributed by atoms with E-state index in [0.717, 1.165) is 30.5 Å². The molecule has 1 aromatic carbocycles. The van der Waals surface area contributed by atoms with Gasteiger partial charge in [0.1, 0.15) is 0 Å². The van der Waals surface area contributed by atoms with Crippen LogP contribution in [0.15, 0.2) is 22.7 Å². The molecule has 0 aliphatic carbocycles. The average Bonchev–Trinajstić information content (AvgIpc) is 2.70.